The van der Waals surface area contributed by atoms with Crippen LogP contribution in [-0.2, 0) is 14.3 Å². The minimum absolute atomic E-state index is 0.136. The number of ketones is 2. The average Bonchev–Trinajstić information content (AvgIpc) is 2.94. The van der Waals surface area contributed by atoms with Crippen LogP contribution in [0, 0.1) is 13.8 Å². The van der Waals surface area contributed by atoms with Gasteiger partial charge in [0.05, 0.1) is 23.1 Å². The third kappa shape index (κ3) is 4.01. The van der Waals surface area contributed by atoms with Crippen molar-refractivity contribution < 1.29 is 23.9 Å². The van der Waals surface area contributed by atoms with E-state index in [2.05, 4.69) is 10.3 Å². The van der Waals surface area contributed by atoms with Crippen molar-refractivity contribution in [1.29, 1.82) is 0 Å². The lowest BCUT2D eigenvalue weighted by atomic mass is 10.1. The van der Waals surface area contributed by atoms with Gasteiger partial charge in [0.2, 0.25) is 11.7 Å². The molecule has 8 heteroatoms. The van der Waals surface area contributed by atoms with Crippen molar-refractivity contribution in [3.05, 3.63) is 46.8 Å². The number of anilines is 1. The molecule has 2 N–H and O–H groups in total. The number of Topliss-reactive ketones (excluding diaryl/α,β-unsaturated/α-hetero) is 2. The van der Waals surface area contributed by atoms with Crippen LogP contribution >= 0.6 is 11.8 Å². The molecule has 2 heterocycles. The van der Waals surface area contributed by atoms with Gasteiger partial charge in [0, 0.05) is 16.2 Å². The van der Waals surface area contributed by atoms with Gasteiger partial charge >= 0.3 is 5.97 Å². The predicted octanol–water partition coefficient (Wildman–Crippen LogP) is 3.06. The molecule has 0 saturated carbocycles. The molecule has 1 aromatic heterocycles. The van der Waals surface area contributed by atoms with E-state index in [-0.39, 0.29) is 23.8 Å². The maximum atomic E-state index is 12.4. The van der Waals surface area contributed by atoms with Gasteiger partial charge in [0.15, 0.2) is 12.4 Å². The number of amides is 1. The SMILES string of the molecule is CC(=O)c1c(C)[nH]c(C(=O)COC(=O)C[C@H]2Sc3ccccc3NC2=O)c1C. The molecule has 0 spiro atoms. The van der Waals surface area contributed by atoms with Gasteiger partial charge in [-0.05, 0) is 38.5 Å². The fourth-order valence-electron chi connectivity index (χ4n) is 3.21. The summed E-state index contributed by atoms with van der Waals surface area (Å²) in [5.74, 6) is -1.46. The van der Waals surface area contributed by atoms with E-state index < -0.39 is 23.6 Å². The average molecular weight is 400 g/mol. The quantitative estimate of drug-likeness (QED) is 0.570. The Labute approximate surface area is 166 Å². The number of hydrogen-bond donors (Lipinski definition) is 2. The molecule has 0 fully saturated rings. The molecular weight excluding hydrogens is 380 g/mol. The number of aryl methyl sites for hydroxylation is 1. The van der Waals surface area contributed by atoms with Crippen molar-refractivity contribution in [2.45, 2.75) is 37.3 Å². The molecule has 0 aliphatic carbocycles. The van der Waals surface area contributed by atoms with Crippen LogP contribution in [-0.4, -0.2) is 40.3 Å². The molecule has 0 bridgehead atoms. The number of esters is 1. The molecule has 1 aromatic carbocycles. The molecule has 2 aromatic rings. The van der Waals surface area contributed by atoms with Gasteiger partial charge in [-0.3, -0.25) is 19.2 Å². The summed E-state index contributed by atoms with van der Waals surface area (Å²) in [5, 5.41) is 2.15. The van der Waals surface area contributed by atoms with Gasteiger partial charge in [-0.2, -0.15) is 0 Å². The number of benzene rings is 1. The summed E-state index contributed by atoms with van der Waals surface area (Å²) in [6, 6.07) is 7.34. The van der Waals surface area contributed by atoms with Crippen LogP contribution in [0.4, 0.5) is 5.69 Å². The van der Waals surface area contributed by atoms with Gasteiger partial charge in [0.1, 0.15) is 0 Å². The van der Waals surface area contributed by atoms with Crippen LogP contribution in [0.25, 0.3) is 0 Å². The summed E-state index contributed by atoms with van der Waals surface area (Å²) in [6.45, 7) is 4.37. The second kappa shape index (κ2) is 8.02. The molecule has 3 rings (SSSR count). The lowest BCUT2D eigenvalue weighted by Crippen LogP contribution is -2.31. The Bertz CT molecular complexity index is 979. The van der Waals surface area contributed by atoms with E-state index in [1.165, 1.54) is 18.7 Å². The van der Waals surface area contributed by atoms with E-state index in [1.54, 1.807) is 19.9 Å². The molecule has 146 valence electrons. The smallest absolute Gasteiger partial charge is 0.307 e. The number of hydrogen-bond acceptors (Lipinski definition) is 6. The van der Waals surface area contributed by atoms with Gasteiger partial charge in [-0.25, -0.2) is 0 Å². The third-order valence-corrected chi connectivity index (χ3v) is 5.77. The first-order chi connectivity index (χ1) is 13.3. The lowest BCUT2D eigenvalue weighted by molar-refractivity contribution is -0.143. The van der Waals surface area contributed by atoms with E-state index >= 15 is 0 Å². The molecule has 0 saturated heterocycles. The van der Waals surface area contributed by atoms with Crippen molar-refractivity contribution in [2.75, 3.05) is 11.9 Å². The molecule has 1 amide bonds. The van der Waals surface area contributed by atoms with Crippen molar-refractivity contribution >= 4 is 40.9 Å². The number of aromatic amines is 1. The van der Waals surface area contributed by atoms with Crippen LogP contribution in [0.2, 0.25) is 0 Å². The molecule has 1 atom stereocenters. The molecule has 0 unspecified atom stereocenters. The monoisotopic (exact) mass is 400 g/mol. The number of rotatable bonds is 6. The Morgan fingerprint density at radius 1 is 1.18 bits per heavy atom. The van der Waals surface area contributed by atoms with Gasteiger partial charge < -0.3 is 15.0 Å². The fourth-order valence-corrected chi connectivity index (χ4v) is 4.31. The Balaban J connectivity index is 1.59. The number of nitrogens with one attached hydrogen (secondary N) is 2. The summed E-state index contributed by atoms with van der Waals surface area (Å²) in [7, 11) is 0. The zero-order valence-electron chi connectivity index (χ0n) is 15.8. The Kier molecular flexibility index (Phi) is 5.69. The second-order valence-corrected chi connectivity index (χ2v) is 7.81. The number of fused-ring (bicyclic) bond motifs is 1. The number of carbonyl (C=O) groups is 4. The van der Waals surface area contributed by atoms with Crippen molar-refractivity contribution in [3.8, 4) is 0 Å². The first-order valence-electron chi connectivity index (χ1n) is 8.73. The molecular formula is C20H20N2O5S. The van der Waals surface area contributed by atoms with Crippen molar-refractivity contribution in [2.24, 2.45) is 0 Å². The molecule has 1 aliphatic heterocycles. The number of ether oxygens (including phenoxy) is 1. The summed E-state index contributed by atoms with van der Waals surface area (Å²) in [5.41, 5.74) is 2.60. The van der Waals surface area contributed by atoms with Gasteiger partial charge in [-0.1, -0.05) is 12.1 Å². The first-order valence-corrected chi connectivity index (χ1v) is 9.61. The maximum Gasteiger partial charge on any atom is 0.307 e. The normalized spacial score (nSPS) is 15.5. The Morgan fingerprint density at radius 3 is 2.57 bits per heavy atom. The van der Waals surface area contributed by atoms with Crippen LogP contribution < -0.4 is 5.32 Å². The third-order valence-electron chi connectivity index (χ3n) is 4.49. The number of aromatic nitrogens is 1. The van der Waals surface area contributed by atoms with E-state index in [1.807, 2.05) is 18.2 Å². The van der Waals surface area contributed by atoms with Crippen LogP contribution in [0.1, 0.15) is 45.4 Å². The maximum absolute atomic E-state index is 12.4. The van der Waals surface area contributed by atoms with E-state index in [9.17, 15) is 19.2 Å². The largest absolute Gasteiger partial charge is 0.457 e. The van der Waals surface area contributed by atoms with E-state index in [4.69, 9.17) is 4.74 Å². The molecule has 28 heavy (non-hydrogen) atoms. The van der Waals surface area contributed by atoms with E-state index in [0.29, 0.717) is 16.8 Å². The molecule has 0 radical (unpaired) electrons. The van der Waals surface area contributed by atoms with Crippen LogP contribution in [0.5, 0.6) is 0 Å². The summed E-state index contributed by atoms with van der Waals surface area (Å²) in [4.78, 5) is 52.1. The standard InChI is InChI=1S/C20H20N2O5S/c1-10-18(12(3)23)11(2)21-19(10)14(24)9-27-17(25)8-16-20(26)22-13-6-4-5-7-15(13)28-16/h4-7,16,21H,8-9H2,1-3H3,(H,22,26)/t16-/m1/s1. The minimum Gasteiger partial charge on any atom is -0.457 e. The van der Waals surface area contributed by atoms with Gasteiger partial charge in [-0.15, -0.1) is 11.8 Å². The number of carbonyl (C=O) groups excluding carboxylic acids is 4. The summed E-state index contributed by atoms with van der Waals surface area (Å²) in [6.07, 6.45) is -0.139. The highest BCUT2D eigenvalue weighted by Gasteiger charge is 2.30. The number of para-hydroxylation sites is 1. The van der Waals surface area contributed by atoms with E-state index in [0.717, 1.165) is 10.6 Å². The number of H-pyrrole nitrogens is 1. The van der Waals surface area contributed by atoms with Crippen LogP contribution in [0.15, 0.2) is 29.2 Å². The highest BCUT2D eigenvalue weighted by atomic mass is 32.2. The Morgan fingerprint density at radius 2 is 1.89 bits per heavy atom. The number of thioether (sulfide) groups is 1. The molecule has 7 nitrogen and oxygen atoms in total. The second-order valence-electron chi connectivity index (χ2n) is 6.56. The zero-order chi connectivity index (χ0) is 20.4. The first kappa shape index (κ1) is 19.9. The summed E-state index contributed by atoms with van der Waals surface area (Å²) < 4.78 is 5.08. The van der Waals surface area contributed by atoms with Crippen LogP contribution in [0.3, 0.4) is 0 Å². The van der Waals surface area contributed by atoms with Crippen molar-refractivity contribution in [3.63, 3.8) is 0 Å². The highest BCUT2D eigenvalue weighted by Crippen LogP contribution is 2.36. The summed E-state index contributed by atoms with van der Waals surface area (Å²) >= 11 is 1.29. The predicted molar refractivity (Wildman–Crippen MR) is 105 cm³/mol. The highest BCUT2D eigenvalue weighted by molar-refractivity contribution is 8.01. The molecule has 1 aliphatic rings. The minimum atomic E-state index is -0.631. The fraction of sp³-hybridized carbons (Fsp3) is 0.300. The zero-order valence-corrected chi connectivity index (χ0v) is 16.6. The van der Waals surface area contributed by atoms with Gasteiger partial charge in [0.25, 0.3) is 0 Å². The topological polar surface area (TPSA) is 105 Å². The van der Waals surface area contributed by atoms with Crippen molar-refractivity contribution in [1.82, 2.24) is 4.98 Å². The lowest BCUT2D eigenvalue weighted by Gasteiger charge is -2.23. The Hall–Kier alpha value is -2.87.